The summed E-state index contributed by atoms with van der Waals surface area (Å²) in [7, 11) is 3.68. The van der Waals surface area contributed by atoms with E-state index in [4.69, 9.17) is 4.74 Å². The first kappa shape index (κ1) is 15.5. The van der Waals surface area contributed by atoms with E-state index in [0.29, 0.717) is 0 Å². The largest absolute Gasteiger partial charge is 0.385 e. The minimum absolute atomic E-state index is 0.236. The van der Waals surface area contributed by atoms with Crippen molar-refractivity contribution in [3.05, 3.63) is 18.2 Å². The van der Waals surface area contributed by atoms with E-state index in [1.807, 2.05) is 17.8 Å². The Labute approximate surface area is 121 Å². The highest BCUT2D eigenvalue weighted by atomic mass is 16.5. The number of piperidine rings is 1. The molecule has 0 bridgehead atoms. The van der Waals surface area contributed by atoms with E-state index < -0.39 is 5.60 Å². The van der Waals surface area contributed by atoms with Crippen LogP contribution >= 0.6 is 0 Å². The van der Waals surface area contributed by atoms with Crippen molar-refractivity contribution in [3.8, 4) is 0 Å². The van der Waals surface area contributed by atoms with Gasteiger partial charge in [0.15, 0.2) is 0 Å². The zero-order chi connectivity index (χ0) is 14.4. The Kier molecular flexibility index (Phi) is 5.57. The van der Waals surface area contributed by atoms with E-state index in [-0.39, 0.29) is 5.92 Å². The molecular weight excluding hydrogens is 254 g/mol. The van der Waals surface area contributed by atoms with Gasteiger partial charge in [0.25, 0.3) is 0 Å². The van der Waals surface area contributed by atoms with Crippen molar-refractivity contribution in [2.45, 2.75) is 37.7 Å². The highest BCUT2D eigenvalue weighted by molar-refractivity contribution is 5.08. The van der Waals surface area contributed by atoms with Gasteiger partial charge in [0, 0.05) is 45.6 Å². The Hall–Kier alpha value is -0.910. The number of nitrogens with zero attached hydrogens (tertiary/aromatic N) is 2. The summed E-state index contributed by atoms with van der Waals surface area (Å²) in [6.45, 7) is 2.67. The predicted octanol–water partition coefficient (Wildman–Crippen LogP) is 1.42. The fraction of sp³-hybridized carbons (Fsp3) is 0.800. The van der Waals surface area contributed by atoms with E-state index in [0.717, 1.165) is 57.6 Å². The van der Waals surface area contributed by atoms with Gasteiger partial charge in [0.2, 0.25) is 0 Å². The fourth-order valence-corrected chi connectivity index (χ4v) is 3.18. The molecule has 2 heterocycles. The molecule has 1 aliphatic rings. The van der Waals surface area contributed by atoms with Crippen LogP contribution in [-0.4, -0.2) is 41.5 Å². The average Bonchev–Trinajstić information content (AvgIpc) is 2.91. The van der Waals surface area contributed by atoms with E-state index >= 15 is 0 Å². The quantitative estimate of drug-likeness (QED) is 0.742. The molecule has 2 N–H and O–H groups in total. The molecule has 1 aromatic heterocycles. The third-order valence-corrected chi connectivity index (χ3v) is 4.34. The molecule has 2 atom stereocenters. The summed E-state index contributed by atoms with van der Waals surface area (Å²) >= 11 is 0. The van der Waals surface area contributed by atoms with Crippen molar-refractivity contribution in [2.24, 2.45) is 13.0 Å². The molecule has 0 radical (unpaired) electrons. The Bertz CT molecular complexity index is 402. The van der Waals surface area contributed by atoms with Crippen molar-refractivity contribution < 1.29 is 9.84 Å². The molecule has 5 heteroatoms. The summed E-state index contributed by atoms with van der Waals surface area (Å²) < 4.78 is 7.05. The van der Waals surface area contributed by atoms with Crippen molar-refractivity contribution in [1.29, 1.82) is 0 Å². The molecule has 1 aromatic rings. The summed E-state index contributed by atoms with van der Waals surface area (Å²) in [6.07, 6.45) is 8.53. The fourth-order valence-electron chi connectivity index (χ4n) is 3.18. The van der Waals surface area contributed by atoms with Crippen molar-refractivity contribution in [2.75, 3.05) is 26.8 Å². The van der Waals surface area contributed by atoms with Crippen LogP contribution in [0.1, 0.15) is 37.9 Å². The Balaban J connectivity index is 2.11. The van der Waals surface area contributed by atoms with Gasteiger partial charge in [-0.3, -0.25) is 0 Å². The number of hydrogen-bond acceptors (Lipinski definition) is 4. The lowest BCUT2D eigenvalue weighted by Crippen LogP contribution is -2.45. The highest BCUT2D eigenvalue weighted by Crippen LogP contribution is 2.37. The third-order valence-electron chi connectivity index (χ3n) is 4.34. The maximum Gasteiger partial charge on any atom is 0.140 e. The molecule has 1 aliphatic heterocycles. The van der Waals surface area contributed by atoms with Crippen LogP contribution in [0.5, 0.6) is 0 Å². The first-order valence-corrected chi connectivity index (χ1v) is 7.58. The standard InChI is InChI=1S/C15H27N3O2/c1-18-10-9-17-14(18)15(19,7-3-4-11-20-2)13-6-5-8-16-12-13/h9-10,13,16,19H,3-8,11-12H2,1-2H3/t13-,15+/m1/s1. The second-order valence-electron chi connectivity index (χ2n) is 5.78. The van der Waals surface area contributed by atoms with Gasteiger partial charge in [-0.15, -0.1) is 0 Å². The predicted molar refractivity (Wildman–Crippen MR) is 78.4 cm³/mol. The zero-order valence-electron chi connectivity index (χ0n) is 12.6. The van der Waals surface area contributed by atoms with Crippen molar-refractivity contribution in [3.63, 3.8) is 0 Å². The molecule has 1 fully saturated rings. The van der Waals surface area contributed by atoms with Gasteiger partial charge < -0.3 is 19.7 Å². The summed E-state index contributed by atoms with van der Waals surface area (Å²) in [5, 5.41) is 14.7. The zero-order valence-corrected chi connectivity index (χ0v) is 12.6. The number of hydrogen-bond donors (Lipinski definition) is 2. The van der Waals surface area contributed by atoms with E-state index in [2.05, 4.69) is 10.3 Å². The lowest BCUT2D eigenvalue weighted by molar-refractivity contribution is -0.0527. The van der Waals surface area contributed by atoms with Gasteiger partial charge in [-0.05, 0) is 38.6 Å². The van der Waals surface area contributed by atoms with Crippen LogP contribution < -0.4 is 5.32 Å². The molecule has 0 saturated carbocycles. The van der Waals surface area contributed by atoms with Gasteiger partial charge in [-0.2, -0.15) is 0 Å². The number of rotatable bonds is 7. The SMILES string of the molecule is COCCCC[C@@](O)(c1nccn1C)[C@@H]1CCCNC1. The number of imidazole rings is 1. The Morgan fingerprint density at radius 3 is 3.00 bits per heavy atom. The van der Waals surface area contributed by atoms with Gasteiger partial charge in [-0.25, -0.2) is 4.98 Å². The molecule has 0 aromatic carbocycles. The van der Waals surface area contributed by atoms with Crippen LogP contribution in [0.25, 0.3) is 0 Å². The van der Waals surface area contributed by atoms with Gasteiger partial charge in [-0.1, -0.05) is 0 Å². The molecule has 2 rings (SSSR count). The molecular formula is C15H27N3O2. The molecule has 5 nitrogen and oxygen atoms in total. The molecule has 0 spiro atoms. The monoisotopic (exact) mass is 281 g/mol. The van der Waals surface area contributed by atoms with Crippen LogP contribution in [0.15, 0.2) is 12.4 Å². The molecule has 20 heavy (non-hydrogen) atoms. The topological polar surface area (TPSA) is 59.3 Å². The van der Waals surface area contributed by atoms with Crippen LogP contribution in [0.4, 0.5) is 0 Å². The molecule has 114 valence electrons. The Morgan fingerprint density at radius 2 is 2.40 bits per heavy atom. The van der Waals surface area contributed by atoms with Crippen molar-refractivity contribution in [1.82, 2.24) is 14.9 Å². The van der Waals surface area contributed by atoms with E-state index in [1.54, 1.807) is 13.3 Å². The number of aromatic nitrogens is 2. The summed E-state index contributed by atoms with van der Waals surface area (Å²) in [5.41, 5.74) is -0.834. The molecule has 0 unspecified atom stereocenters. The summed E-state index contributed by atoms with van der Waals surface area (Å²) in [4.78, 5) is 4.42. The summed E-state index contributed by atoms with van der Waals surface area (Å²) in [6, 6.07) is 0. The second-order valence-corrected chi connectivity index (χ2v) is 5.78. The Morgan fingerprint density at radius 1 is 1.55 bits per heavy atom. The maximum atomic E-state index is 11.3. The number of methoxy groups -OCH3 is 1. The van der Waals surface area contributed by atoms with Gasteiger partial charge in [0.05, 0.1) is 0 Å². The second kappa shape index (κ2) is 7.20. The smallest absolute Gasteiger partial charge is 0.140 e. The normalized spacial score (nSPS) is 22.6. The van der Waals surface area contributed by atoms with Gasteiger partial charge >= 0.3 is 0 Å². The number of unbranched alkanes of at least 4 members (excludes halogenated alkanes) is 1. The van der Waals surface area contributed by atoms with Crippen LogP contribution in [-0.2, 0) is 17.4 Å². The highest BCUT2D eigenvalue weighted by Gasteiger charge is 2.41. The molecule has 1 saturated heterocycles. The minimum Gasteiger partial charge on any atom is -0.385 e. The maximum absolute atomic E-state index is 11.3. The number of ether oxygens (including phenoxy) is 1. The lowest BCUT2D eigenvalue weighted by Gasteiger charge is -2.38. The number of aliphatic hydroxyl groups is 1. The van der Waals surface area contributed by atoms with E-state index in [1.165, 1.54) is 0 Å². The third kappa shape index (κ3) is 3.40. The van der Waals surface area contributed by atoms with Crippen LogP contribution in [0.2, 0.25) is 0 Å². The van der Waals surface area contributed by atoms with Crippen LogP contribution in [0, 0.1) is 5.92 Å². The van der Waals surface area contributed by atoms with Crippen molar-refractivity contribution >= 4 is 0 Å². The first-order chi connectivity index (χ1) is 9.68. The minimum atomic E-state index is -0.834. The average molecular weight is 281 g/mol. The molecule has 0 amide bonds. The number of aryl methyl sites for hydroxylation is 1. The van der Waals surface area contributed by atoms with Crippen LogP contribution in [0.3, 0.4) is 0 Å². The first-order valence-electron chi connectivity index (χ1n) is 7.58. The lowest BCUT2D eigenvalue weighted by atomic mass is 9.78. The van der Waals surface area contributed by atoms with Gasteiger partial charge in [0.1, 0.15) is 11.4 Å². The molecule has 0 aliphatic carbocycles. The number of nitrogens with one attached hydrogen (secondary N) is 1. The van der Waals surface area contributed by atoms with E-state index in [9.17, 15) is 5.11 Å². The summed E-state index contributed by atoms with van der Waals surface area (Å²) in [5.74, 6) is 1.03.